The number of sulfonamides is 1. The SMILES string of the molecule is O=C1NCCCCC1N(Cc1ccccc1C(F)(F)F)S(=O)(=O)c1ccc(Cl)cc1. The van der Waals surface area contributed by atoms with Crippen LogP contribution in [-0.2, 0) is 27.5 Å². The van der Waals surface area contributed by atoms with Gasteiger partial charge in [0.1, 0.15) is 6.04 Å². The molecule has 1 N–H and O–H groups in total. The Morgan fingerprint density at radius 1 is 1.07 bits per heavy atom. The van der Waals surface area contributed by atoms with E-state index in [-0.39, 0.29) is 16.9 Å². The molecule has 162 valence electrons. The summed E-state index contributed by atoms with van der Waals surface area (Å²) in [4.78, 5) is 12.5. The summed E-state index contributed by atoms with van der Waals surface area (Å²) in [6.07, 6.45) is -3.21. The molecule has 0 aliphatic carbocycles. The van der Waals surface area contributed by atoms with Crippen molar-refractivity contribution in [3.8, 4) is 0 Å². The van der Waals surface area contributed by atoms with Gasteiger partial charge in [-0.15, -0.1) is 0 Å². The minimum atomic E-state index is -4.65. The molecule has 1 aliphatic heterocycles. The van der Waals surface area contributed by atoms with E-state index in [2.05, 4.69) is 5.32 Å². The second kappa shape index (κ2) is 8.95. The van der Waals surface area contributed by atoms with Crippen LogP contribution < -0.4 is 5.32 Å². The highest BCUT2D eigenvalue weighted by atomic mass is 35.5. The minimum absolute atomic E-state index is 0.145. The number of carbonyl (C=O) groups excluding carboxylic acids is 1. The van der Waals surface area contributed by atoms with Crippen LogP contribution in [0.15, 0.2) is 53.4 Å². The van der Waals surface area contributed by atoms with E-state index in [1.165, 1.54) is 42.5 Å². The van der Waals surface area contributed by atoms with Gasteiger partial charge < -0.3 is 5.32 Å². The lowest BCUT2D eigenvalue weighted by Gasteiger charge is -2.30. The van der Waals surface area contributed by atoms with Gasteiger partial charge in [0.25, 0.3) is 0 Å². The van der Waals surface area contributed by atoms with Gasteiger partial charge in [0.2, 0.25) is 15.9 Å². The maximum Gasteiger partial charge on any atom is 0.416 e. The highest BCUT2D eigenvalue weighted by Gasteiger charge is 2.39. The normalized spacial score (nSPS) is 18.2. The molecule has 0 spiro atoms. The van der Waals surface area contributed by atoms with Gasteiger partial charge in [-0.25, -0.2) is 8.42 Å². The van der Waals surface area contributed by atoms with Gasteiger partial charge in [0, 0.05) is 18.1 Å². The van der Waals surface area contributed by atoms with Crippen LogP contribution in [0.1, 0.15) is 30.4 Å². The number of nitrogens with one attached hydrogen (secondary N) is 1. The molecule has 0 aromatic heterocycles. The molecule has 1 unspecified atom stereocenters. The average molecular weight is 461 g/mol. The molecular formula is C20H20ClF3N2O3S. The second-order valence-electron chi connectivity index (χ2n) is 6.96. The molecule has 3 rings (SSSR count). The van der Waals surface area contributed by atoms with Crippen molar-refractivity contribution in [2.45, 2.75) is 42.9 Å². The van der Waals surface area contributed by atoms with Crippen molar-refractivity contribution >= 4 is 27.5 Å². The summed E-state index contributed by atoms with van der Waals surface area (Å²) in [5, 5.41) is 2.96. The van der Waals surface area contributed by atoms with Gasteiger partial charge in [0.05, 0.1) is 10.5 Å². The van der Waals surface area contributed by atoms with Crippen LogP contribution in [0.2, 0.25) is 5.02 Å². The number of nitrogens with zero attached hydrogens (tertiary/aromatic N) is 1. The summed E-state index contributed by atoms with van der Waals surface area (Å²) < 4.78 is 68.1. The molecule has 1 saturated heterocycles. The first-order valence-corrected chi connectivity index (χ1v) is 11.1. The van der Waals surface area contributed by atoms with E-state index in [4.69, 9.17) is 11.6 Å². The van der Waals surface area contributed by atoms with Gasteiger partial charge in [-0.1, -0.05) is 29.8 Å². The standard InChI is InChI=1S/C20H20ClF3N2O3S/c21-15-8-10-16(11-9-15)30(28,29)26(18-7-3-4-12-25-19(18)27)13-14-5-1-2-6-17(14)20(22,23)24/h1-2,5-6,8-11,18H,3-4,7,12-13H2,(H,25,27). The fourth-order valence-electron chi connectivity index (χ4n) is 3.41. The largest absolute Gasteiger partial charge is 0.416 e. The number of amides is 1. The van der Waals surface area contributed by atoms with E-state index in [0.29, 0.717) is 24.4 Å². The Bertz CT molecular complexity index is 1010. The maximum atomic E-state index is 13.5. The Morgan fingerprint density at radius 3 is 2.40 bits per heavy atom. The van der Waals surface area contributed by atoms with Crippen LogP contribution in [0.4, 0.5) is 13.2 Å². The molecule has 1 atom stereocenters. The van der Waals surface area contributed by atoms with Gasteiger partial charge in [-0.3, -0.25) is 4.79 Å². The van der Waals surface area contributed by atoms with Gasteiger partial charge in [-0.05, 0) is 55.2 Å². The molecule has 0 radical (unpaired) electrons. The van der Waals surface area contributed by atoms with Gasteiger partial charge in [-0.2, -0.15) is 17.5 Å². The van der Waals surface area contributed by atoms with Crippen molar-refractivity contribution in [1.29, 1.82) is 0 Å². The van der Waals surface area contributed by atoms with Crippen LogP contribution in [0.25, 0.3) is 0 Å². The molecule has 2 aromatic rings. The summed E-state index contributed by atoms with van der Waals surface area (Å²) in [7, 11) is -4.28. The molecular weight excluding hydrogens is 441 g/mol. The lowest BCUT2D eigenvalue weighted by Crippen LogP contribution is -2.48. The second-order valence-corrected chi connectivity index (χ2v) is 9.29. The lowest BCUT2D eigenvalue weighted by molar-refractivity contribution is -0.138. The number of carbonyl (C=O) groups is 1. The lowest BCUT2D eigenvalue weighted by atomic mass is 10.1. The first kappa shape index (κ1) is 22.6. The predicted octanol–water partition coefficient (Wildman–Crippen LogP) is 4.22. The number of halogens is 4. The Hall–Kier alpha value is -2.10. The Balaban J connectivity index is 2.09. The van der Waals surface area contributed by atoms with Crippen LogP contribution in [0, 0.1) is 0 Å². The Kier molecular flexibility index (Phi) is 6.74. The van der Waals surface area contributed by atoms with Crippen molar-refractivity contribution in [1.82, 2.24) is 9.62 Å². The van der Waals surface area contributed by atoms with Crippen LogP contribution in [-0.4, -0.2) is 31.2 Å². The third-order valence-corrected chi connectivity index (χ3v) is 7.04. The van der Waals surface area contributed by atoms with E-state index in [1.807, 2.05) is 0 Å². The van der Waals surface area contributed by atoms with Crippen LogP contribution in [0.3, 0.4) is 0 Å². The number of alkyl halides is 3. The highest BCUT2D eigenvalue weighted by molar-refractivity contribution is 7.89. The molecule has 1 heterocycles. The van der Waals surface area contributed by atoms with Gasteiger partial charge in [0.15, 0.2) is 0 Å². The molecule has 30 heavy (non-hydrogen) atoms. The molecule has 1 amide bonds. The highest BCUT2D eigenvalue weighted by Crippen LogP contribution is 2.34. The molecule has 10 heteroatoms. The topological polar surface area (TPSA) is 66.5 Å². The van der Waals surface area contributed by atoms with E-state index in [0.717, 1.165) is 10.4 Å². The summed E-state index contributed by atoms with van der Waals surface area (Å²) >= 11 is 5.84. The molecule has 5 nitrogen and oxygen atoms in total. The van der Waals surface area contributed by atoms with Crippen molar-refractivity contribution in [2.24, 2.45) is 0 Å². The molecule has 0 saturated carbocycles. The fraction of sp³-hybridized carbons (Fsp3) is 0.350. The molecule has 0 bridgehead atoms. The monoisotopic (exact) mass is 460 g/mol. The number of hydrogen-bond acceptors (Lipinski definition) is 3. The van der Waals surface area contributed by atoms with E-state index in [1.54, 1.807) is 0 Å². The first-order chi connectivity index (χ1) is 14.1. The molecule has 2 aromatic carbocycles. The van der Waals surface area contributed by atoms with Crippen molar-refractivity contribution in [2.75, 3.05) is 6.54 Å². The number of benzene rings is 2. The maximum absolute atomic E-state index is 13.5. The number of rotatable bonds is 5. The van der Waals surface area contributed by atoms with Crippen LogP contribution in [0.5, 0.6) is 0 Å². The summed E-state index contributed by atoms with van der Waals surface area (Å²) in [6.45, 7) is -0.192. The Morgan fingerprint density at radius 2 is 1.73 bits per heavy atom. The van der Waals surface area contributed by atoms with Crippen molar-refractivity contribution in [3.05, 3.63) is 64.7 Å². The summed E-state index contributed by atoms with van der Waals surface area (Å²) in [5.74, 6) is -0.519. The summed E-state index contributed by atoms with van der Waals surface area (Å²) in [5.41, 5.74) is -1.16. The van der Waals surface area contributed by atoms with Crippen molar-refractivity contribution < 1.29 is 26.4 Å². The third-order valence-electron chi connectivity index (χ3n) is 4.92. The Labute approximate surface area is 177 Å². The average Bonchev–Trinajstić information content (AvgIpc) is 2.90. The molecule has 1 fully saturated rings. The quantitative estimate of drug-likeness (QED) is 0.726. The van der Waals surface area contributed by atoms with E-state index >= 15 is 0 Å². The fourth-order valence-corrected chi connectivity index (χ4v) is 5.13. The number of hydrogen-bond donors (Lipinski definition) is 1. The van der Waals surface area contributed by atoms with E-state index < -0.39 is 40.3 Å². The first-order valence-electron chi connectivity index (χ1n) is 9.31. The van der Waals surface area contributed by atoms with E-state index in [9.17, 15) is 26.4 Å². The van der Waals surface area contributed by atoms with Gasteiger partial charge >= 0.3 is 6.18 Å². The zero-order chi connectivity index (χ0) is 21.9. The predicted molar refractivity (Wildman–Crippen MR) is 106 cm³/mol. The smallest absolute Gasteiger partial charge is 0.355 e. The zero-order valence-electron chi connectivity index (χ0n) is 15.8. The van der Waals surface area contributed by atoms with Crippen LogP contribution >= 0.6 is 11.6 Å². The van der Waals surface area contributed by atoms with Crippen molar-refractivity contribution in [3.63, 3.8) is 0 Å². The molecule has 1 aliphatic rings. The zero-order valence-corrected chi connectivity index (χ0v) is 17.4. The summed E-state index contributed by atoms with van der Waals surface area (Å²) in [6, 6.07) is 8.95. The minimum Gasteiger partial charge on any atom is -0.355 e. The third kappa shape index (κ3) is 4.96.